The van der Waals surface area contributed by atoms with Gasteiger partial charge in [-0.3, -0.25) is 4.79 Å². The van der Waals surface area contributed by atoms with E-state index in [1.165, 1.54) is 18.4 Å². The fourth-order valence-corrected chi connectivity index (χ4v) is 3.52. The number of fused-ring (bicyclic) bond motifs is 1. The highest BCUT2D eigenvalue weighted by Crippen LogP contribution is 2.34. The molecule has 0 saturated heterocycles. The monoisotopic (exact) mass is 322 g/mol. The number of rotatable bonds is 5. The third-order valence-electron chi connectivity index (χ3n) is 4.36. The van der Waals surface area contributed by atoms with Crippen LogP contribution in [0.4, 0.5) is 0 Å². The first kappa shape index (κ1) is 14.8. The molecular weight excluding hydrogens is 300 g/mol. The molecule has 3 atom stereocenters. The number of carbonyl (C=O) groups is 1. The van der Waals surface area contributed by atoms with Crippen molar-refractivity contribution < 1.29 is 4.79 Å². The second-order valence-corrected chi connectivity index (χ2v) is 7.07. The summed E-state index contributed by atoms with van der Waals surface area (Å²) in [6.45, 7) is 6.84. The van der Waals surface area contributed by atoms with E-state index in [1.54, 1.807) is 0 Å². The molecule has 0 heterocycles. The summed E-state index contributed by atoms with van der Waals surface area (Å²) in [7, 11) is 0. The maximum Gasteiger partial charge on any atom is 0.166 e. The van der Waals surface area contributed by atoms with Gasteiger partial charge in [-0.05, 0) is 48.8 Å². The highest BCUT2D eigenvalue weighted by molar-refractivity contribution is 9.10. The number of hydrogen-bond acceptors (Lipinski definition) is 1. The summed E-state index contributed by atoms with van der Waals surface area (Å²) in [5, 5.41) is 0. The van der Waals surface area contributed by atoms with E-state index in [-0.39, 0.29) is 5.92 Å². The van der Waals surface area contributed by atoms with Gasteiger partial charge in [-0.25, -0.2) is 0 Å². The molecule has 1 aromatic carbocycles. The minimum Gasteiger partial charge on any atom is -0.294 e. The van der Waals surface area contributed by atoms with Gasteiger partial charge in [-0.2, -0.15) is 0 Å². The van der Waals surface area contributed by atoms with E-state index in [2.05, 4.69) is 42.8 Å². The van der Waals surface area contributed by atoms with Crippen LogP contribution in [0.5, 0.6) is 0 Å². The molecule has 1 aliphatic carbocycles. The molecule has 0 amide bonds. The van der Waals surface area contributed by atoms with Crippen molar-refractivity contribution in [1.82, 2.24) is 0 Å². The Labute approximate surface area is 124 Å². The van der Waals surface area contributed by atoms with Crippen LogP contribution in [0.2, 0.25) is 0 Å². The van der Waals surface area contributed by atoms with E-state index in [1.807, 2.05) is 12.1 Å². The topological polar surface area (TPSA) is 17.1 Å². The maximum absolute atomic E-state index is 12.4. The SMILES string of the molecule is CCC(C)CC(C)C[C@H]1Cc2ccc(Br)cc2C1=O. The molecule has 0 aliphatic heterocycles. The van der Waals surface area contributed by atoms with E-state index in [0.717, 1.165) is 28.8 Å². The fourth-order valence-electron chi connectivity index (χ4n) is 3.16. The average Bonchev–Trinajstić information content (AvgIpc) is 2.66. The lowest BCUT2D eigenvalue weighted by molar-refractivity contribution is 0.0917. The lowest BCUT2D eigenvalue weighted by Crippen LogP contribution is -2.14. The maximum atomic E-state index is 12.4. The van der Waals surface area contributed by atoms with Crippen molar-refractivity contribution in [3.05, 3.63) is 33.8 Å². The predicted octanol–water partition coefficient (Wildman–Crippen LogP) is 5.27. The lowest BCUT2D eigenvalue weighted by Gasteiger charge is -2.18. The molecule has 1 aliphatic rings. The molecule has 1 nitrogen and oxygen atoms in total. The molecule has 0 radical (unpaired) electrons. The van der Waals surface area contributed by atoms with Crippen LogP contribution in [0.25, 0.3) is 0 Å². The molecule has 19 heavy (non-hydrogen) atoms. The lowest BCUT2D eigenvalue weighted by atomic mass is 9.86. The van der Waals surface area contributed by atoms with Crippen LogP contribution in [0.1, 0.15) is 56.0 Å². The molecule has 0 fully saturated rings. The van der Waals surface area contributed by atoms with Gasteiger partial charge in [0, 0.05) is 16.0 Å². The Morgan fingerprint density at radius 1 is 1.32 bits per heavy atom. The highest BCUT2D eigenvalue weighted by atomic mass is 79.9. The summed E-state index contributed by atoms with van der Waals surface area (Å²) in [5.74, 6) is 1.97. The Morgan fingerprint density at radius 3 is 2.74 bits per heavy atom. The largest absolute Gasteiger partial charge is 0.294 e. The van der Waals surface area contributed by atoms with Gasteiger partial charge in [0.25, 0.3) is 0 Å². The zero-order chi connectivity index (χ0) is 14.0. The third-order valence-corrected chi connectivity index (χ3v) is 4.86. The molecule has 0 N–H and O–H groups in total. The molecule has 2 unspecified atom stereocenters. The van der Waals surface area contributed by atoms with Crippen molar-refractivity contribution in [3.63, 3.8) is 0 Å². The quantitative estimate of drug-likeness (QED) is 0.722. The van der Waals surface area contributed by atoms with Crippen molar-refractivity contribution in [2.45, 2.75) is 46.5 Å². The van der Waals surface area contributed by atoms with Gasteiger partial charge in [0.05, 0.1) is 0 Å². The second-order valence-electron chi connectivity index (χ2n) is 6.16. The van der Waals surface area contributed by atoms with Crippen LogP contribution in [0.3, 0.4) is 0 Å². The summed E-state index contributed by atoms with van der Waals surface area (Å²) >= 11 is 3.45. The Hall–Kier alpha value is -0.630. The second kappa shape index (κ2) is 6.21. The summed E-state index contributed by atoms with van der Waals surface area (Å²) in [6.07, 6.45) is 4.44. The normalized spacial score (nSPS) is 21.3. The van der Waals surface area contributed by atoms with Gasteiger partial charge < -0.3 is 0 Å². The number of halogens is 1. The van der Waals surface area contributed by atoms with Gasteiger partial charge in [-0.15, -0.1) is 0 Å². The first-order valence-electron chi connectivity index (χ1n) is 7.33. The minimum absolute atomic E-state index is 0.211. The zero-order valence-corrected chi connectivity index (χ0v) is 13.7. The summed E-state index contributed by atoms with van der Waals surface area (Å²) in [6, 6.07) is 6.12. The Bertz CT molecular complexity index is 466. The van der Waals surface area contributed by atoms with Crippen molar-refractivity contribution >= 4 is 21.7 Å². The molecule has 104 valence electrons. The number of carbonyl (C=O) groups excluding carboxylic acids is 1. The summed E-state index contributed by atoms with van der Waals surface area (Å²) in [5.41, 5.74) is 2.17. The Kier molecular flexibility index (Phi) is 4.83. The van der Waals surface area contributed by atoms with Gasteiger partial charge >= 0.3 is 0 Å². The van der Waals surface area contributed by atoms with E-state index < -0.39 is 0 Å². The minimum atomic E-state index is 0.211. The van der Waals surface area contributed by atoms with Crippen molar-refractivity contribution in [2.75, 3.05) is 0 Å². The van der Waals surface area contributed by atoms with Crippen LogP contribution >= 0.6 is 15.9 Å². The molecule has 0 bridgehead atoms. The van der Waals surface area contributed by atoms with Gasteiger partial charge in [0.2, 0.25) is 0 Å². The summed E-state index contributed by atoms with van der Waals surface area (Å²) < 4.78 is 1.01. The van der Waals surface area contributed by atoms with E-state index in [0.29, 0.717) is 11.7 Å². The van der Waals surface area contributed by atoms with E-state index in [9.17, 15) is 4.79 Å². The Morgan fingerprint density at radius 2 is 2.05 bits per heavy atom. The smallest absolute Gasteiger partial charge is 0.166 e. The molecule has 0 saturated carbocycles. The van der Waals surface area contributed by atoms with Crippen molar-refractivity contribution in [3.8, 4) is 0 Å². The summed E-state index contributed by atoms with van der Waals surface area (Å²) in [4.78, 5) is 12.4. The molecule has 0 aromatic heterocycles. The van der Waals surface area contributed by atoms with Crippen LogP contribution < -0.4 is 0 Å². The number of ketones is 1. The first-order valence-corrected chi connectivity index (χ1v) is 8.13. The van der Waals surface area contributed by atoms with Crippen LogP contribution in [0.15, 0.2) is 22.7 Å². The van der Waals surface area contributed by atoms with Crippen LogP contribution in [0, 0.1) is 17.8 Å². The van der Waals surface area contributed by atoms with Crippen molar-refractivity contribution in [1.29, 1.82) is 0 Å². The molecule has 0 spiro atoms. The van der Waals surface area contributed by atoms with Crippen LogP contribution in [-0.4, -0.2) is 5.78 Å². The molecule has 1 aromatic rings. The van der Waals surface area contributed by atoms with Gasteiger partial charge in [0.15, 0.2) is 5.78 Å². The average molecular weight is 323 g/mol. The number of Topliss-reactive ketones (excluding diaryl/α,β-unsaturated/α-hetero) is 1. The van der Waals surface area contributed by atoms with Crippen LogP contribution in [-0.2, 0) is 6.42 Å². The highest BCUT2D eigenvalue weighted by Gasteiger charge is 2.31. The van der Waals surface area contributed by atoms with Gasteiger partial charge in [-0.1, -0.05) is 49.2 Å². The third kappa shape index (κ3) is 3.47. The molecule has 2 rings (SSSR count). The Balaban J connectivity index is 2.00. The van der Waals surface area contributed by atoms with E-state index >= 15 is 0 Å². The van der Waals surface area contributed by atoms with Crippen molar-refractivity contribution in [2.24, 2.45) is 17.8 Å². The standard InChI is InChI=1S/C17H23BrO/c1-4-11(2)7-12(3)8-14-9-13-5-6-15(18)10-16(13)17(14)19/h5-6,10-12,14H,4,7-9H2,1-3H3/t11?,12?,14-/m0/s1. The number of hydrogen-bond donors (Lipinski definition) is 0. The molecule has 2 heteroatoms. The predicted molar refractivity (Wildman–Crippen MR) is 83.5 cm³/mol. The van der Waals surface area contributed by atoms with Gasteiger partial charge in [0.1, 0.15) is 0 Å². The first-order chi connectivity index (χ1) is 9.01. The van der Waals surface area contributed by atoms with E-state index in [4.69, 9.17) is 0 Å². The molecular formula is C17H23BrO. The fraction of sp³-hybridized carbons (Fsp3) is 0.588. The number of benzene rings is 1. The zero-order valence-electron chi connectivity index (χ0n) is 12.1.